The van der Waals surface area contributed by atoms with E-state index in [9.17, 15) is 9.59 Å². The number of aliphatic hydroxyl groups is 6. The largest absolute Gasteiger partial charge is 0.481 e. The molecule has 0 aromatic carbocycles. The molecule has 0 aliphatic heterocycles. The number of aliphatic carboxylic acids is 1. The van der Waals surface area contributed by atoms with Gasteiger partial charge in [0.05, 0.1) is 26.4 Å². The second-order valence-corrected chi connectivity index (χ2v) is 3.31. The summed E-state index contributed by atoms with van der Waals surface area (Å²) in [5, 5.41) is 55.9. The number of carboxylic acid groups (broad SMARTS) is 1. The van der Waals surface area contributed by atoms with Gasteiger partial charge in [-0.3, -0.25) is 9.59 Å². The van der Waals surface area contributed by atoms with Crippen molar-refractivity contribution in [3.63, 3.8) is 0 Å². The van der Waals surface area contributed by atoms with Gasteiger partial charge in [-0.25, -0.2) is 0 Å². The van der Waals surface area contributed by atoms with E-state index in [1.807, 2.05) is 0 Å². The lowest BCUT2D eigenvalue weighted by Gasteiger charge is -1.96. The first-order chi connectivity index (χ1) is 8.74. The highest BCUT2D eigenvalue weighted by atomic mass is 16.4. The maximum Gasteiger partial charge on any atom is 0.310 e. The van der Waals surface area contributed by atoms with Gasteiger partial charge in [0.15, 0.2) is 0 Å². The maximum absolute atomic E-state index is 9.87. The lowest BCUT2D eigenvalue weighted by atomic mass is 10.3. The summed E-state index contributed by atoms with van der Waals surface area (Å²) in [5.74, 6) is -1.37. The van der Waals surface area contributed by atoms with Crippen molar-refractivity contribution in [3.8, 4) is 0 Å². The summed E-state index contributed by atoms with van der Waals surface area (Å²) < 4.78 is 0. The van der Waals surface area contributed by atoms with Gasteiger partial charge < -0.3 is 35.7 Å². The van der Waals surface area contributed by atoms with E-state index in [0.29, 0.717) is 0 Å². The van der Waals surface area contributed by atoms with E-state index in [-0.39, 0.29) is 38.6 Å². The van der Waals surface area contributed by atoms with E-state index in [1.54, 1.807) is 0 Å². The van der Waals surface area contributed by atoms with Crippen LogP contribution >= 0.6 is 0 Å². The molecule has 7 N–H and O–H groups in total. The molecule has 0 radical (unpaired) electrons. The second kappa shape index (κ2) is 16.9. The fourth-order valence-electron chi connectivity index (χ4n) is 0.328. The standard InChI is InChI=1S/C4H6O3.2C3H8O3/c1-3(5)2-4(6)7;2*4-1-3(6)2-5/h2H2,1H3,(H,6,7);2*3-6H,1-2H2. The molecule has 0 rings (SSSR count). The number of hydrogen-bond acceptors (Lipinski definition) is 8. The predicted molar refractivity (Wildman–Crippen MR) is 63.3 cm³/mol. The molecule has 0 unspecified atom stereocenters. The summed E-state index contributed by atoms with van der Waals surface area (Å²) in [4.78, 5) is 19.5. The van der Waals surface area contributed by atoms with Crippen LogP contribution in [0.25, 0.3) is 0 Å². The number of carbonyl (C=O) groups excluding carboxylic acids is 1. The van der Waals surface area contributed by atoms with Crippen molar-refractivity contribution < 1.29 is 45.3 Å². The minimum absolute atomic E-state index is 0.312. The van der Waals surface area contributed by atoms with Crippen molar-refractivity contribution in [2.45, 2.75) is 25.6 Å². The van der Waals surface area contributed by atoms with Crippen LogP contribution in [-0.4, -0.2) is 86.1 Å². The normalized spacial score (nSPS) is 9.32. The van der Waals surface area contributed by atoms with Gasteiger partial charge in [-0.1, -0.05) is 0 Å². The molecule has 19 heavy (non-hydrogen) atoms. The molecule has 0 spiro atoms. The lowest BCUT2D eigenvalue weighted by Crippen LogP contribution is -2.15. The van der Waals surface area contributed by atoms with Gasteiger partial charge in [-0.05, 0) is 6.92 Å². The van der Waals surface area contributed by atoms with Crippen molar-refractivity contribution in [3.05, 3.63) is 0 Å². The van der Waals surface area contributed by atoms with Crippen LogP contribution in [0.4, 0.5) is 0 Å². The van der Waals surface area contributed by atoms with Crippen molar-refractivity contribution in [2.24, 2.45) is 0 Å². The number of carbonyl (C=O) groups is 2. The zero-order chi connectivity index (χ0) is 15.8. The Morgan fingerprint density at radius 3 is 1.11 bits per heavy atom. The number of hydrogen-bond donors (Lipinski definition) is 7. The fraction of sp³-hybridized carbons (Fsp3) is 0.800. The van der Waals surface area contributed by atoms with E-state index < -0.39 is 18.2 Å². The Balaban J connectivity index is -0.000000203. The van der Waals surface area contributed by atoms with Crippen LogP contribution in [0.2, 0.25) is 0 Å². The average Bonchev–Trinajstić information content (AvgIpc) is 2.36. The van der Waals surface area contributed by atoms with E-state index in [0.717, 1.165) is 0 Å². The summed E-state index contributed by atoms with van der Waals surface area (Å²) in [7, 11) is 0. The van der Waals surface area contributed by atoms with Gasteiger partial charge in [0.1, 0.15) is 24.4 Å². The molecule has 116 valence electrons. The highest BCUT2D eigenvalue weighted by molar-refractivity contribution is 5.93. The van der Waals surface area contributed by atoms with Crippen LogP contribution in [0.15, 0.2) is 0 Å². The molecule has 0 heterocycles. The summed E-state index contributed by atoms with van der Waals surface area (Å²) in [5.41, 5.74) is 0. The topological polar surface area (TPSA) is 176 Å². The minimum Gasteiger partial charge on any atom is -0.481 e. The van der Waals surface area contributed by atoms with Crippen molar-refractivity contribution in [1.29, 1.82) is 0 Å². The molecule has 0 bridgehead atoms. The van der Waals surface area contributed by atoms with Gasteiger partial charge in [0, 0.05) is 0 Å². The number of Topliss-reactive ketones (excluding diaryl/α,β-unsaturated/α-hetero) is 1. The molecule has 0 aromatic rings. The summed E-state index contributed by atoms with van der Waals surface area (Å²) >= 11 is 0. The first-order valence-corrected chi connectivity index (χ1v) is 5.25. The third-order valence-corrected chi connectivity index (χ3v) is 1.24. The average molecular weight is 286 g/mol. The molecule has 0 atom stereocenters. The molecule has 0 fully saturated rings. The highest BCUT2D eigenvalue weighted by Gasteiger charge is 1.98. The van der Waals surface area contributed by atoms with Crippen LogP contribution in [-0.2, 0) is 9.59 Å². The Morgan fingerprint density at radius 1 is 0.842 bits per heavy atom. The van der Waals surface area contributed by atoms with E-state index in [2.05, 4.69) is 0 Å². The SMILES string of the molecule is CC(=O)CC(=O)O.OCC(O)CO.OCC(O)CO. The second-order valence-electron chi connectivity index (χ2n) is 3.31. The minimum atomic E-state index is -1.06. The van der Waals surface area contributed by atoms with Crippen LogP contribution in [0.1, 0.15) is 13.3 Å². The number of carboxylic acids is 1. The number of aliphatic hydroxyl groups excluding tert-OH is 6. The summed E-state index contributed by atoms with van der Waals surface area (Å²) in [6.07, 6.45) is -2.27. The fourth-order valence-corrected chi connectivity index (χ4v) is 0.328. The zero-order valence-corrected chi connectivity index (χ0v) is 10.6. The monoisotopic (exact) mass is 286 g/mol. The van der Waals surface area contributed by atoms with Gasteiger partial charge in [0.25, 0.3) is 0 Å². The molecule has 9 heteroatoms. The molecule has 0 aliphatic rings. The van der Waals surface area contributed by atoms with Gasteiger partial charge in [-0.15, -0.1) is 0 Å². The van der Waals surface area contributed by atoms with Crippen LogP contribution < -0.4 is 0 Å². The highest BCUT2D eigenvalue weighted by Crippen LogP contribution is 1.77. The number of rotatable bonds is 6. The Hall–Kier alpha value is -1.10. The van der Waals surface area contributed by atoms with Crippen LogP contribution in [0.5, 0.6) is 0 Å². The molecular formula is C10H22O9. The number of ketones is 1. The smallest absolute Gasteiger partial charge is 0.310 e. The molecule has 0 saturated heterocycles. The van der Waals surface area contributed by atoms with E-state index in [4.69, 9.17) is 35.7 Å². The van der Waals surface area contributed by atoms with Gasteiger partial charge in [-0.2, -0.15) is 0 Å². The predicted octanol–water partition coefficient (Wildman–Crippen LogP) is -3.29. The van der Waals surface area contributed by atoms with Crippen LogP contribution in [0, 0.1) is 0 Å². The molecule has 0 saturated carbocycles. The van der Waals surface area contributed by atoms with Gasteiger partial charge >= 0.3 is 5.97 Å². The first kappa shape index (κ1) is 23.0. The lowest BCUT2D eigenvalue weighted by molar-refractivity contribution is -0.139. The molecule has 0 aromatic heterocycles. The van der Waals surface area contributed by atoms with Crippen molar-refractivity contribution in [1.82, 2.24) is 0 Å². The maximum atomic E-state index is 9.87. The first-order valence-electron chi connectivity index (χ1n) is 5.25. The Morgan fingerprint density at radius 2 is 1.11 bits per heavy atom. The van der Waals surface area contributed by atoms with Crippen LogP contribution in [0.3, 0.4) is 0 Å². The summed E-state index contributed by atoms with van der Waals surface area (Å²) in [6, 6.07) is 0. The third kappa shape index (κ3) is 31.6. The van der Waals surface area contributed by atoms with E-state index in [1.165, 1.54) is 6.92 Å². The molecule has 0 amide bonds. The quantitative estimate of drug-likeness (QED) is 0.247. The van der Waals surface area contributed by atoms with E-state index >= 15 is 0 Å². The zero-order valence-electron chi connectivity index (χ0n) is 10.6. The Kier molecular flexibility index (Phi) is 20.5. The molecular weight excluding hydrogens is 264 g/mol. The Bertz CT molecular complexity index is 189. The summed E-state index contributed by atoms with van der Waals surface area (Å²) in [6.45, 7) is -0.214. The third-order valence-electron chi connectivity index (χ3n) is 1.24. The molecule has 9 nitrogen and oxygen atoms in total. The molecule has 0 aliphatic carbocycles. The van der Waals surface area contributed by atoms with Gasteiger partial charge in [0.2, 0.25) is 0 Å². The van der Waals surface area contributed by atoms with Crippen molar-refractivity contribution in [2.75, 3.05) is 26.4 Å². The Labute approximate surface area is 110 Å². The van der Waals surface area contributed by atoms with Crippen molar-refractivity contribution >= 4 is 11.8 Å².